The van der Waals surface area contributed by atoms with Crippen molar-refractivity contribution in [3.05, 3.63) is 24.3 Å². The molecule has 0 amide bonds. The number of carbonyl (C=O) groups is 1. The summed E-state index contributed by atoms with van der Waals surface area (Å²) in [5, 5.41) is 9.89. The first kappa shape index (κ1) is 14.2. The molecule has 96 valence electrons. The van der Waals surface area contributed by atoms with E-state index in [1.54, 1.807) is 0 Å². The van der Waals surface area contributed by atoms with E-state index in [-0.39, 0.29) is 17.6 Å². The van der Waals surface area contributed by atoms with E-state index in [0.717, 1.165) is 12.8 Å². The lowest BCUT2D eigenvalue weighted by molar-refractivity contribution is -0.121. The Labute approximate surface area is 104 Å². The Balaban J connectivity index is 2.58. The summed E-state index contributed by atoms with van der Waals surface area (Å²) in [4.78, 5) is 11.8. The molecule has 1 rings (SSSR count). The van der Waals surface area contributed by atoms with Crippen molar-refractivity contribution in [1.29, 1.82) is 0 Å². The lowest BCUT2D eigenvalue weighted by atomic mass is 9.90. The highest BCUT2D eigenvalue weighted by Gasteiger charge is 2.38. The van der Waals surface area contributed by atoms with Gasteiger partial charge in [-0.1, -0.05) is 44.1 Å². The van der Waals surface area contributed by atoms with E-state index < -0.39 is 6.10 Å². The van der Waals surface area contributed by atoms with Crippen molar-refractivity contribution in [3.63, 3.8) is 0 Å². The molecule has 1 aliphatic carbocycles. The summed E-state index contributed by atoms with van der Waals surface area (Å²) >= 11 is 0. The zero-order valence-corrected chi connectivity index (χ0v) is 10.9. The molecule has 0 spiro atoms. The van der Waals surface area contributed by atoms with E-state index in [1.807, 2.05) is 19.1 Å². The molecular weight excluding hydrogens is 212 g/mol. The summed E-state index contributed by atoms with van der Waals surface area (Å²) in [5.41, 5.74) is 0. The molecule has 0 aliphatic heterocycles. The van der Waals surface area contributed by atoms with E-state index in [1.165, 1.54) is 12.8 Å². The maximum Gasteiger partial charge on any atom is 0.139 e. The average Bonchev–Trinajstić information content (AvgIpc) is 2.57. The van der Waals surface area contributed by atoms with Gasteiger partial charge in [0.05, 0.1) is 6.10 Å². The largest absolute Gasteiger partial charge is 0.392 e. The zero-order chi connectivity index (χ0) is 12.7. The zero-order valence-electron chi connectivity index (χ0n) is 10.9. The van der Waals surface area contributed by atoms with Crippen LogP contribution in [0.1, 0.15) is 46.0 Å². The molecule has 2 heteroatoms. The van der Waals surface area contributed by atoms with Gasteiger partial charge in [-0.25, -0.2) is 0 Å². The van der Waals surface area contributed by atoms with Gasteiger partial charge in [-0.2, -0.15) is 0 Å². The predicted octanol–water partition coefficient (Wildman–Crippen LogP) is 3.27. The fraction of sp³-hybridized carbons (Fsp3) is 0.667. The fourth-order valence-electron chi connectivity index (χ4n) is 2.39. The van der Waals surface area contributed by atoms with Crippen molar-refractivity contribution in [3.8, 4) is 0 Å². The molecule has 1 saturated carbocycles. The highest BCUT2D eigenvalue weighted by atomic mass is 16.3. The van der Waals surface area contributed by atoms with E-state index in [2.05, 4.69) is 19.1 Å². The molecular formula is C15H24O2. The van der Waals surface area contributed by atoms with Crippen molar-refractivity contribution in [2.45, 2.75) is 52.1 Å². The SMILES string of the molecule is C/C=C\C[C@H]1C(=O)C[C@@H](O)[C@@H]1/C=C/CCCC. The number of ketones is 1. The minimum absolute atomic E-state index is 0.0147. The molecule has 1 aliphatic rings. The molecule has 1 N–H and O–H groups in total. The Kier molecular flexibility index (Phi) is 6.20. The van der Waals surface area contributed by atoms with Crippen LogP contribution in [0.2, 0.25) is 0 Å². The summed E-state index contributed by atoms with van der Waals surface area (Å²) < 4.78 is 0. The summed E-state index contributed by atoms with van der Waals surface area (Å²) in [6.45, 7) is 4.12. The lowest BCUT2D eigenvalue weighted by Gasteiger charge is -2.15. The molecule has 17 heavy (non-hydrogen) atoms. The number of unbranched alkanes of at least 4 members (excludes halogenated alkanes) is 2. The highest BCUT2D eigenvalue weighted by Crippen LogP contribution is 2.33. The standard InChI is InChI=1S/C15H24O2/c1-3-5-7-8-10-13-12(9-6-4-2)14(16)11-15(13)17/h4,6,8,10,12-13,15,17H,3,5,7,9,11H2,1-2H3/b6-4-,10-8+/t12-,13-,15-/m1/s1. The number of allylic oxidation sites excluding steroid dienone is 3. The molecule has 0 radical (unpaired) electrons. The molecule has 0 unspecified atom stereocenters. The van der Waals surface area contributed by atoms with Crippen LogP contribution in [0.3, 0.4) is 0 Å². The van der Waals surface area contributed by atoms with E-state index in [4.69, 9.17) is 0 Å². The second-order valence-electron chi connectivity index (χ2n) is 4.80. The van der Waals surface area contributed by atoms with E-state index in [0.29, 0.717) is 6.42 Å². The quantitative estimate of drug-likeness (QED) is 0.567. The van der Waals surface area contributed by atoms with E-state index >= 15 is 0 Å². The van der Waals surface area contributed by atoms with Gasteiger partial charge in [0.1, 0.15) is 5.78 Å². The van der Waals surface area contributed by atoms with E-state index in [9.17, 15) is 9.90 Å². The minimum Gasteiger partial charge on any atom is -0.392 e. The number of hydrogen-bond acceptors (Lipinski definition) is 2. The molecule has 3 atom stereocenters. The number of aliphatic hydroxyl groups excluding tert-OH is 1. The lowest BCUT2D eigenvalue weighted by Crippen LogP contribution is -2.17. The summed E-state index contributed by atoms with van der Waals surface area (Å²) in [5.74, 6) is 0.218. The van der Waals surface area contributed by atoms with Crippen molar-refractivity contribution in [2.24, 2.45) is 11.8 Å². The third-order valence-corrected chi connectivity index (χ3v) is 3.44. The van der Waals surface area contributed by atoms with Crippen LogP contribution in [-0.2, 0) is 4.79 Å². The van der Waals surface area contributed by atoms with Gasteiger partial charge >= 0.3 is 0 Å². The molecule has 2 nitrogen and oxygen atoms in total. The predicted molar refractivity (Wildman–Crippen MR) is 70.7 cm³/mol. The summed E-state index contributed by atoms with van der Waals surface area (Å²) in [6, 6.07) is 0. The van der Waals surface area contributed by atoms with Crippen LogP contribution in [0.15, 0.2) is 24.3 Å². The first-order chi connectivity index (χ1) is 8.20. The van der Waals surface area contributed by atoms with Crippen LogP contribution < -0.4 is 0 Å². The van der Waals surface area contributed by atoms with Crippen LogP contribution >= 0.6 is 0 Å². The molecule has 0 bridgehead atoms. The third kappa shape index (κ3) is 4.12. The monoisotopic (exact) mass is 236 g/mol. The molecule has 0 saturated heterocycles. The van der Waals surface area contributed by atoms with Gasteiger partial charge in [0.2, 0.25) is 0 Å². The van der Waals surface area contributed by atoms with Crippen molar-refractivity contribution in [1.82, 2.24) is 0 Å². The van der Waals surface area contributed by atoms with Crippen molar-refractivity contribution < 1.29 is 9.90 Å². The number of aliphatic hydroxyl groups is 1. The van der Waals surface area contributed by atoms with Gasteiger partial charge < -0.3 is 5.11 Å². The Morgan fingerprint density at radius 2 is 2.18 bits per heavy atom. The average molecular weight is 236 g/mol. The van der Waals surface area contributed by atoms with Gasteiger partial charge in [-0.05, 0) is 19.8 Å². The number of hydrogen-bond donors (Lipinski definition) is 1. The second-order valence-corrected chi connectivity index (χ2v) is 4.80. The minimum atomic E-state index is -0.476. The first-order valence-electron chi connectivity index (χ1n) is 6.69. The van der Waals surface area contributed by atoms with Gasteiger partial charge in [0.25, 0.3) is 0 Å². The topological polar surface area (TPSA) is 37.3 Å². The molecule has 0 aromatic heterocycles. The molecule has 0 aromatic rings. The van der Waals surface area contributed by atoms with Crippen LogP contribution in [0.4, 0.5) is 0 Å². The smallest absolute Gasteiger partial charge is 0.139 e. The van der Waals surface area contributed by atoms with Gasteiger partial charge in [-0.15, -0.1) is 0 Å². The van der Waals surface area contributed by atoms with Gasteiger partial charge in [-0.3, -0.25) is 4.79 Å². The van der Waals surface area contributed by atoms with Gasteiger partial charge in [0.15, 0.2) is 0 Å². The Morgan fingerprint density at radius 1 is 1.41 bits per heavy atom. The third-order valence-electron chi connectivity index (χ3n) is 3.44. The Bertz CT molecular complexity index is 291. The number of rotatable bonds is 6. The fourth-order valence-corrected chi connectivity index (χ4v) is 2.39. The molecule has 1 fully saturated rings. The summed E-state index contributed by atoms with van der Waals surface area (Å²) in [7, 11) is 0. The van der Waals surface area contributed by atoms with Crippen LogP contribution in [0, 0.1) is 11.8 Å². The van der Waals surface area contributed by atoms with Crippen molar-refractivity contribution >= 4 is 5.78 Å². The number of Topliss-reactive ketones (excluding diaryl/α,β-unsaturated/α-hetero) is 1. The number of carbonyl (C=O) groups excluding carboxylic acids is 1. The first-order valence-corrected chi connectivity index (χ1v) is 6.69. The Hall–Kier alpha value is -0.890. The summed E-state index contributed by atoms with van der Waals surface area (Å²) in [6.07, 6.45) is 12.2. The van der Waals surface area contributed by atoms with Gasteiger partial charge in [0, 0.05) is 18.3 Å². The van der Waals surface area contributed by atoms with Crippen LogP contribution in [0.5, 0.6) is 0 Å². The highest BCUT2D eigenvalue weighted by molar-refractivity contribution is 5.84. The second kappa shape index (κ2) is 7.44. The maximum absolute atomic E-state index is 11.8. The maximum atomic E-state index is 11.8. The van der Waals surface area contributed by atoms with Crippen LogP contribution in [-0.4, -0.2) is 17.0 Å². The molecule has 0 aromatic carbocycles. The van der Waals surface area contributed by atoms with Crippen molar-refractivity contribution in [2.75, 3.05) is 0 Å². The van der Waals surface area contributed by atoms with Crippen LogP contribution in [0.25, 0.3) is 0 Å². The Morgan fingerprint density at radius 3 is 2.82 bits per heavy atom. The molecule has 0 heterocycles. The normalized spacial score (nSPS) is 29.8.